The van der Waals surface area contributed by atoms with E-state index in [1.165, 1.54) is 25.7 Å². The molecule has 0 aliphatic heterocycles. The minimum Gasteiger partial charge on any atom is -0.497 e. The van der Waals surface area contributed by atoms with Crippen LogP contribution in [-0.4, -0.2) is 43.2 Å². The minimum absolute atomic E-state index is 0.549. The van der Waals surface area contributed by atoms with Gasteiger partial charge in [0.25, 0.3) is 0 Å². The predicted molar refractivity (Wildman–Crippen MR) is 91.6 cm³/mol. The molecular weight excluding hydrogens is 274 g/mol. The summed E-state index contributed by atoms with van der Waals surface area (Å²) < 4.78 is 5.35. The van der Waals surface area contributed by atoms with E-state index in [0.29, 0.717) is 6.04 Å². The number of methoxy groups -OCH3 is 1. The van der Waals surface area contributed by atoms with Crippen LogP contribution in [0.25, 0.3) is 10.9 Å². The molecule has 4 nitrogen and oxygen atoms in total. The minimum atomic E-state index is 0.549. The predicted octanol–water partition coefficient (Wildman–Crippen LogP) is 3.53. The van der Waals surface area contributed by atoms with Gasteiger partial charge in [0.15, 0.2) is 0 Å². The molecule has 1 aromatic carbocycles. The highest BCUT2D eigenvalue weighted by molar-refractivity contribution is 5.92. The van der Waals surface area contributed by atoms with Crippen molar-refractivity contribution in [2.75, 3.05) is 26.5 Å². The largest absolute Gasteiger partial charge is 0.497 e. The number of fused-ring (bicyclic) bond motifs is 1. The molecule has 0 unspecified atom stereocenters. The van der Waals surface area contributed by atoms with E-state index < -0.39 is 0 Å². The van der Waals surface area contributed by atoms with Crippen LogP contribution < -0.4 is 10.1 Å². The molecule has 1 heterocycles. The van der Waals surface area contributed by atoms with Gasteiger partial charge in [-0.15, -0.1) is 0 Å². The SMILES string of the molecule is COc1ccc2nccc(NC3CCC(N(C)C)CC3)c2c1. The fraction of sp³-hybridized carbons (Fsp3) is 0.500. The number of rotatable bonds is 4. The van der Waals surface area contributed by atoms with E-state index in [1.54, 1.807) is 7.11 Å². The van der Waals surface area contributed by atoms with Crippen LogP contribution in [0, 0.1) is 0 Å². The topological polar surface area (TPSA) is 37.4 Å². The van der Waals surface area contributed by atoms with Crippen LogP contribution in [0.4, 0.5) is 5.69 Å². The third-order valence-electron chi connectivity index (χ3n) is 4.74. The van der Waals surface area contributed by atoms with Crippen molar-refractivity contribution in [2.45, 2.75) is 37.8 Å². The maximum Gasteiger partial charge on any atom is 0.119 e. The zero-order chi connectivity index (χ0) is 15.5. The Labute approximate surface area is 132 Å². The molecule has 1 saturated carbocycles. The van der Waals surface area contributed by atoms with Gasteiger partial charge in [0.1, 0.15) is 5.75 Å². The van der Waals surface area contributed by atoms with Gasteiger partial charge in [-0.1, -0.05) is 0 Å². The molecule has 0 radical (unpaired) electrons. The van der Waals surface area contributed by atoms with E-state index in [1.807, 2.05) is 18.3 Å². The summed E-state index contributed by atoms with van der Waals surface area (Å²) in [4.78, 5) is 6.79. The van der Waals surface area contributed by atoms with Gasteiger partial charge >= 0.3 is 0 Å². The standard InChI is InChI=1S/C18H25N3O/c1-21(2)14-6-4-13(5-7-14)20-18-10-11-19-17-9-8-15(22-3)12-16(17)18/h8-14H,4-7H2,1-3H3,(H,19,20). The summed E-state index contributed by atoms with van der Waals surface area (Å²) >= 11 is 0. The highest BCUT2D eigenvalue weighted by Gasteiger charge is 2.22. The molecule has 22 heavy (non-hydrogen) atoms. The molecule has 0 saturated heterocycles. The number of pyridine rings is 1. The normalized spacial score (nSPS) is 22.0. The van der Waals surface area contributed by atoms with E-state index in [9.17, 15) is 0 Å². The molecule has 118 valence electrons. The van der Waals surface area contributed by atoms with E-state index in [-0.39, 0.29) is 0 Å². The molecule has 0 atom stereocenters. The zero-order valence-corrected chi connectivity index (χ0v) is 13.7. The summed E-state index contributed by atoms with van der Waals surface area (Å²) in [6.07, 6.45) is 6.84. The summed E-state index contributed by atoms with van der Waals surface area (Å²) in [5.41, 5.74) is 2.17. The lowest BCUT2D eigenvalue weighted by Crippen LogP contribution is -2.36. The van der Waals surface area contributed by atoms with Crippen LogP contribution in [0.5, 0.6) is 5.75 Å². The van der Waals surface area contributed by atoms with Gasteiger partial charge in [-0.05, 0) is 64.0 Å². The van der Waals surface area contributed by atoms with Crippen LogP contribution in [0.1, 0.15) is 25.7 Å². The van der Waals surface area contributed by atoms with Crippen molar-refractivity contribution in [2.24, 2.45) is 0 Å². The second-order valence-electron chi connectivity index (χ2n) is 6.35. The molecule has 0 bridgehead atoms. The number of benzene rings is 1. The summed E-state index contributed by atoms with van der Waals surface area (Å²) in [7, 11) is 6.06. The van der Waals surface area contributed by atoms with Crippen LogP contribution in [0.3, 0.4) is 0 Å². The molecule has 1 aliphatic carbocycles. The van der Waals surface area contributed by atoms with Gasteiger partial charge in [0.05, 0.1) is 12.6 Å². The molecule has 0 spiro atoms. The maximum absolute atomic E-state index is 5.35. The Morgan fingerprint density at radius 3 is 2.59 bits per heavy atom. The first kappa shape index (κ1) is 15.1. The first-order valence-electron chi connectivity index (χ1n) is 8.03. The van der Waals surface area contributed by atoms with Crippen molar-refractivity contribution in [1.29, 1.82) is 0 Å². The van der Waals surface area contributed by atoms with Gasteiger partial charge in [0, 0.05) is 29.4 Å². The molecule has 2 aromatic rings. The summed E-state index contributed by atoms with van der Waals surface area (Å²) in [6.45, 7) is 0. The summed E-state index contributed by atoms with van der Waals surface area (Å²) in [5.74, 6) is 0.875. The Bertz CT molecular complexity index is 633. The Morgan fingerprint density at radius 1 is 1.14 bits per heavy atom. The number of hydrogen-bond acceptors (Lipinski definition) is 4. The molecular formula is C18H25N3O. The Kier molecular flexibility index (Phi) is 4.48. The lowest BCUT2D eigenvalue weighted by atomic mass is 9.90. The van der Waals surface area contributed by atoms with E-state index in [2.05, 4.69) is 41.4 Å². The highest BCUT2D eigenvalue weighted by atomic mass is 16.5. The molecule has 1 aliphatic rings. The number of aromatic nitrogens is 1. The van der Waals surface area contributed by atoms with E-state index >= 15 is 0 Å². The van der Waals surface area contributed by atoms with Crippen molar-refractivity contribution < 1.29 is 4.74 Å². The van der Waals surface area contributed by atoms with E-state index in [0.717, 1.165) is 28.4 Å². The first-order chi connectivity index (χ1) is 10.7. The number of ether oxygens (including phenoxy) is 1. The molecule has 1 N–H and O–H groups in total. The number of hydrogen-bond donors (Lipinski definition) is 1. The molecule has 3 rings (SSSR count). The Morgan fingerprint density at radius 2 is 1.91 bits per heavy atom. The van der Waals surface area contributed by atoms with Crippen LogP contribution in [0.15, 0.2) is 30.5 Å². The third kappa shape index (κ3) is 3.17. The second-order valence-corrected chi connectivity index (χ2v) is 6.35. The fourth-order valence-corrected chi connectivity index (χ4v) is 3.33. The van der Waals surface area contributed by atoms with Crippen LogP contribution >= 0.6 is 0 Å². The molecule has 0 amide bonds. The number of nitrogens with zero attached hydrogens (tertiary/aromatic N) is 2. The van der Waals surface area contributed by atoms with Gasteiger partial charge in [-0.3, -0.25) is 4.98 Å². The van der Waals surface area contributed by atoms with Crippen molar-refractivity contribution in [1.82, 2.24) is 9.88 Å². The third-order valence-corrected chi connectivity index (χ3v) is 4.74. The zero-order valence-electron chi connectivity index (χ0n) is 13.7. The van der Waals surface area contributed by atoms with Crippen molar-refractivity contribution >= 4 is 16.6 Å². The van der Waals surface area contributed by atoms with Crippen molar-refractivity contribution in [3.63, 3.8) is 0 Å². The van der Waals surface area contributed by atoms with Crippen molar-refractivity contribution in [3.8, 4) is 5.75 Å². The first-order valence-corrected chi connectivity index (χ1v) is 8.03. The smallest absolute Gasteiger partial charge is 0.119 e. The van der Waals surface area contributed by atoms with Gasteiger partial charge < -0.3 is 15.0 Å². The van der Waals surface area contributed by atoms with Gasteiger partial charge in [0.2, 0.25) is 0 Å². The summed E-state index contributed by atoms with van der Waals surface area (Å²) in [5, 5.41) is 4.86. The fourth-order valence-electron chi connectivity index (χ4n) is 3.33. The second kappa shape index (κ2) is 6.53. The van der Waals surface area contributed by atoms with Gasteiger partial charge in [-0.25, -0.2) is 0 Å². The number of anilines is 1. The quantitative estimate of drug-likeness (QED) is 0.937. The maximum atomic E-state index is 5.35. The average Bonchev–Trinajstić information content (AvgIpc) is 2.55. The lowest BCUT2D eigenvalue weighted by Gasteiger charge is -2.33. The summed E-state index contributed by atoms with van der Waals surface area (Å²) in [6, 6.07) is 9.39. The highest BCUT2D eigenvalue weighted by Crippen LogP contribution is 2.29. The Hall–Kier alpha value is -1.81. The molecule has 1 fully saturated rings. The average molecular weight is 299 g/mol. The molecule has 4 heteroatoms. The van der Waals surface area contributed by atoms with Crippen LogP contribution in [-0.2, 0) is 0 Å². The van der Waals surface area contributed by atoms with Gasteiger partial charge in [-0.2, -0.15) is 0 Å². The lowest BCUT2D eigenvalue weighted by molar-refractivity contribution is 0.221. The van der Waals surface area contributed by atoms with Crippen LogP contribution in [0.2, 0.25) is 0 Å². The Balaban J connectivity index is 1.77. The monoisotopic (exact) mass is 299 g/mol. The molecule has 1 aromatic heterocycles. The van der Waals surface area contributed by atoms with Crippen molar-refractivity contribution in [3.05, 3.63) is 30.5 Å². The van der Waals surface area contributed by atoms with E-state index in [4.69, 9.17) is 4.74 Å². The number of nitrogens with one attached hydrogen (secondary N) is 1.